The number of benzene rings is 3. The van der Waals surface area contributed by atoms with Crippen LogP contribution in [0.25, 0.3) is 0 Å². The van der Waals surface area contributed by atoms with Gasteiger partial charge in [0.15, 0.2) is 0 Å². The van der Waals surface area contributed by atoms with Crippen molar-refractivity contribution in [1.29, 1.82) is 0 Å². The molecule has 0 spiro atoms. The second-order valence-corrected chi connectivity index (χ2v) is 14.1. The number of amides is 2. The summed E-state index contributed by atoms with van der Waals surface area (Å²) in [6, 6.07) is 14.0. The van der Waals surface area contributed by atoms with Crippen LogP contribution in [-0.4, -0.2) is 56.0 Å². The molecule has 2 amide bonds. The van der Waals surface area contributed by atoms with Gasteiger partial charge in [0.05, 0.1) is 10.9 Å². The van der Waals surface area contributed by atoms with Gasteiger partial charge >= 0.3 is 6.09 Å². The van der Waals surface area contributed by atoms with E-state index in [9.17, 15) is 18.0 Å². The quantitative estimate of drug-likeness (QED) is 0.352. The molecule has 0 fully saturated rings. The summed E-state index contributed by atoms with van der Waals surface area (Å²) in [5.41, 5.74) is 6.66. The maximum Gasteiger partial charge on any atom is 0.410 e. The van der Waals surface area contributed by atoms with Gasteiger partial charge in [-0.2, -0.15) is 0 Å². The summed E-state index contributed by atoms with van der Waals surface area (Å²) in [5.74, 6) is -0.239. The van der Waals surface area contributed by atoms with Crippen molar-refractivity contribution in [2.75, 3.05) is 24.9 Å². The molecule has 1 unspecified atom stereocenters. The first-order valence-electron chi connectivity index (χ1n) is 14.5. The molecule has 0 aliphatic carbocycles. The van der Waals surface area contributed by atoms with Crippen LogP contribution in [-0.2, 0) is 21.2 Å². The maximum absolute atomic E-state index is 13.7. The highest BCUT2D eigenvalue weighted by atomic mass is 32.2. The Balaban J connectivity index is 1.58. The van der Waals surface area contributed by atoms with Crippen LogP contribution in [0.2, 0.25) is 0 Å². The summed E-state index contributed by atoms with van der Waals surface area (Å²) in [5, 5.41) is 0. The van der Waals surface area contributed by atoms with Gasteiger partial charge in [-0.05, 0) is 125 Å². The summed E-state index contributed by atoms with van der Waals surface area (Å²) in [4.78, 5) is 30.4. The summed E-state index contributed by atoms with van der Waals surface area (Å²) in [7, 11) is -2.13. The van der Waals surface area contributed by atoms with Crippen LogP contribution >= 0.6 is 0 Å². The van der Waals surface area contributed by atoms with E-state index in [-0.39, 0.29) is 10.8 Å². The Hall–Kier alpha value is -3.85. The number of nitrogens with zero attached hydrogens (tertiary/aromatic N) is 2. The Labute approximate surface area is 256 Å². The molecule has 1 N–H and O–H groups in total. The summed E-state index contributed by atoms with van der Waals surface area (Å²) in [6.45, 7) is 15.8. The number of nitrogens with one attached hydrogen (secondary N) is 1. The van der Waals surface area contributed by atoms with E-state index in [1.807, 2.05) is 79.7 Å². The standard InChI is InChI=1S/C34H43N3O5S/c1-21-22(2)24(4)31(25(5)23(21)3)43(40,41)35-28-16-14-27(15-17-28)32(38)36(9)30-20-37(33(39)42-34(6,7)8)19-18-26-12-10-11-13-29(26)30/h10-17,30,35H,18-20H2,1-9H3. The molecule has 4 rings (SSSR count). The second-order valence-electron chi connectivity index (χ2n) is 12.4. The molecule has 3 aromatic rings. The number of fused-ring (bicyclic) bond motifs is 1. The van der Waals surface area contributed by atoms with Gasteiger partial charge < -0.3 is 14.5 Å². The number of likely N-dealkylation sites (N-methyl/N-ethyl adjacent to an activating group) is 1. The smallest absolute Gasteiger partial charge is 0.410 e. The van der Waals surface area contributed by atoms with E-state index in [0.717, 1.165) is 38.9 Å². The number of hydrogen-bond acceptors (Lipinski definition) is 5. The molecule has 1 atom stereocenters. The van der Waals surface area contributed by atoms with Crippen LogP contribution in [0.1, 0.15) is 76.1 Å². The van der Waals surface area contributed by atoms with Crippen molar-refractivity contribution in [3.05, 3.63) is 93.0 Å². The molecule has 0 aromatic heterocycles. The van der Waals surface area contributed by atoms with Crippen molar-refractivity contribution in [2.45, 2.75) is 78.3 Å². The molecule has 1 aliphatic rings. The fraction of sp³-hybridized carbons (Fsp3) is 0.412. The van der Waals surface area contributed by atoms with Crippen molar-refractivity contribution in [2.24, 2.45) is 0 Å². The minimum Gasteiger partial charge on any atom is -0.444 e. The minimum absolute atomic E-state index is 0.239. The highest BCUT2D eigenvalue weighted by Crippen LogP contribution is 2.32. The number of rotatable bonds is 5. The topological polar surface area (TPSA) is 96.0 Å². The largest absolute Gasteiger partial charge is 0.444 e. The lowest BCUT2D eigenvalue weighted by Gasteiger charge is -2.33. The Kier molecular flexibility index (Phi) is 8.97. The molecule has 3 aromatic carbocycles. The number of sulfonamides is 1. The lowest BCUT2D eigenvalue weighted by Crippen LogP contribution is -2.43. The number of ether oxygens (including phenoxy) is 1. The van der Waals surface area contributed by atoms with Gasteiger partial charge in [-0.1, -0.05) is 24.3 Å². The summed E-state index contributed by atoms with van der Waals surface area (Å²) >= 11 is 0. The lowest BCUT2D eigenvalue weighted by molar-refractivity contribution is 0.0203. The van der Waals surface area contributed by atoms with Gasteiger partial charge in [-0.15, -0.1) is 0 Å². The second kappa shape index (κ2) is 12.0. The fourth-order valence-corrected chi connectivity index (χ4v) is 7.33. The van der Waals surface area contributed by atoms with Crippen molar-refractivity contribution >= 4 is 27.7 Å². The first-order chi connectivity index (χ1) is 20.0. The Morgan fingerprint density at radius 3 is 2.02 bits per heavy atom. The zero-order chi connectivity index (χ0) is 31.9. The van der Waals surface area contributed by atoms with Crippen LogP contribution in [0.4, 0.5) is 10.5 Å². The average molecular weight is 606 g/mol. The van der Waals surface area contributed by atoms with Crippen LogP contribution in [0.5, 0.6) is 0 Å². The SMILES string of the molecule is Cc1c(C)c(C)c(S(=O)(=O)Nc2ccc(C(=O)N(C)C3CN(C(=O)OC(C)(C)C)CCc4ccccc43)cc2)c(C)c1C. The van der Waals surface area contributed by atoms with Crippen LogP contribution in [0.3, 0.4) is 0 Å². The van der Waals surface area contributed by atoms with Crippen LogP contribution < -0.4 is 4.72 Å². The molecule has 1 heterocycles. The van der Waals surface area contributed by atoms with E-state index in [2.05, 4.69) is 4.72 Å². The molecule has 0 bridgehead atoms. The zero-order valence-electron chi connectivity index (χ0n) is 26.7. The van der Waals surface area contributed by atoms with Crippen LogP contribution in [0, 0.1) is 34.6 Å². The van der Waals surface area contributed by atoms with Crippen molar-refractivity contribution in [3.8, 4) is 0 Å². The van der Waals surface area contributed by atoms with Gasteiger partial charge in [0.2, 0.25) is 0 Å². The molecule has 0 saturated carbocycles. The molecule has 43 heavy (non-hydrogen) atoms. The molecular weight excluding hydrogens is 562 g/mol. The number of carbonyl (C=O) groups is 2. The predicted octanol–water partition coefficient (Wildman–Crippen LogP) is 6.64. The van der Waals surface area contributed by atoms with E-state index >= 15 is 0 Å². The average Bonchev–Trinajstić information content (AvgIpc) is 3.14. The Morgan fingerprint density at radius 1 is 0.884 bits per heavy atom. The van der Waals surface area contributed by atoms with Gasteiger partial charge in [0.1, 0.15) is 5.60 Å². The van der Waals surface area contributed by atoms with E-state index in [4.69, 9.17) is 4.74 Å². The van der Waals surface area contributed by atoms with Crippen molar-refractivity contribution in [3.63, 3.8) is 0 Å². The molecule has 9 heteroatoms. The van der Waals surface area contributed by atoms with Crippen LogP contribution in [0.15, 0.2) is 53.4 Å². The molecule has 8 nitrogen and oxygen atoms in total. The van der Waals surface area contributed by atoms with Crippen molar-refractivity contribution < 1.29 is 22.7 Å². The minimum atomic E-state index is -3.86. The third kappa shape index (κ3) is 6.72. The zero-order valence-corrected chi connectivity index (χ0v) is 27.5. The van der Waals surface area contributed by atoms with Gasteiger partial charge in [-0.25, -0.2) is 13.2 Å². The summed E-state index contributed by atoms with van der Waals surface area (Å²) in [6.07, 6.45) is 0.245. The monoisotopic (exact) mass is 605 g/mol. The molecule has 0 saturated heterocycles. The Morgan fingerprint density at radius 2 is 1.44 bits per heavy atom. The Bertz CT molecular complexity index is 1630. The molecule has 0 radical (unpaired) electrons. The van der Waals surface area contributed by atoms with Gasteiger partial charge in [0, 0.05) is 31.4 Å². The molecule has 1 aliphatic heterocycles. The number of hydrogen-bond donors (Lipinski definition) is 1. The van der Waals surface area contributed by atoms with Gasteiger partial charge in [0.25, 0.3) is 15.9 Å². The lowest BCUT2D eigenvalue weighted by atomic mass is 9.95. The third-order valence-corrected chi connectivity index (χ3v) is 10.1. The highest BCUT2D eigenvalue weighted by Gasteiger charge is 2.33. The highest BCUT2D eigenvalue weighted by molar-refractivity contribution is 7.92. The number of anilines is 1. The van der Waals surface area contributed by atoms with E-state index in [1.54, 1.807) is 41.1 Å². The normalized spacial score (nSPS) is 15.4. The maximum atomic E-state index is 13.7. The predicted molar refractivity (Wildman–Crippen MR) is 170 cm³/mol. The van der Waals surface area contributed by atoms with Crippen molar-refractivity contribution in [1.82, 2.24) is 9.80 Å². The van der Waals surface area contributed by atoms with E-state index in [0.29, 0.717) is 30.8 Å². The summed E-state index contributed by atoms with van der Waals surface area (Å²) < 4.78 is 35.3. The fourth-order valence-electron chi connectivity index (χ4n) is 5.67. The number of carbonyl (C=O) groups excluding carboxylic acids is 2. The first-order valence-corrected chi connectivity index (χ1v) is 16.0. The molecular formula is C34H43N3O5S. The third-order valence-electron chi connectivity index (χ3n) is 8.48. The van der Waals surface area contributed by atoms with Gasteiger partial charge in [-0.3, -0.25) is 9.52 Å². The first kappa shape index (κ1) is 32.1. The van der Waals surface area contributed by atoms with E-state index in [1.165, 1.54) is 0 Å². The van der Waals surface area contributed by atoms with E-state index < -0.39 is 27.8 Å². The molecule has 230 valence electrons.